The van der Waals surface area contributed by atoms with Gasteiger partial charge in [-0.3, -0.25) is 14.5 Å². The molecule has 1 unspecified atom stereocenters. The van der Waals surface area contributed by atoms with Crippen LogP contribution in [0, 0.1) is 11.7 Å². The van der Waals surface area contributed by atoms with E-state index in [1.54, 1.807) is 23.6 Å². The molecule has 138 valence electrons. The molecule has 1 N–H and O–H groups in total. The Morgan fingerprint density at radius 2 is 1.96 bits per heavy atom. The van der Waals surface area contributed by atoms with Crippen molar-refractivity contribution in [3.63, 3.8) is 0 Å². The van der Waals surface area contributed by atoms with Gasteiger partial charge < -0.3 is 5.32 Å². The topological polar surface area (TPSA) is 62.3 Å². The number of aromatic nitrogens is 1. The Morgan fingerprint density at radius 1 is 1.27 bits per heavy atom. The molecule has 1 aromatic carbocycles. The normalized spacial score (nSPS) is 12.4. The van der Waals surface area contributed by atoms with Crippen LogP contribution < -0.4 is 10.2 Å². The highest BCUT2D eigenvalue weighted by Gasteiger charge is 2.20. The van der Waals surface area contributed by atoms with E-state index in [1.165, 1.54) is 41.4 Å². The number of para-hydroxylation sites is 1. The molecule has 0 aliphatic heterocycles. The number of hydrogen-bond donors (Lipinski definition) is 1. The Balaban J connectivity index is 2.17. The van der Waals surface area contributed by atoms with Crippen LogP contribution in [-0.4, -0.2) is 22.8 Å². The van der Waals surface area contributed by atoms with Crippen LogP contribution in [-0.2, 0) is 9.59 Å². The standard InChI is InChI=1S/C19H22FN3O2S/c1-12(2)13(3)21-18(25)10-9-15-11-26-19(22-15)23(14(4)24)17-8-6-5-7-16(17)20/h5-13H,1-4H3,(H,21,25). The van der Waals surface area contributed by atoms with Gasteiger partial charge in [0.1, 0.15) is 5.82 Å². The number of thiazole rings is 1. The summed E-state index contributed by atoms with van der Waals surface area (Å²) in [6, 6.07) is 6.09. The smallest absolute Gasteiger partial charge is 0.244 e. The molecule has 0 spiro atoms. The molecular weight excluding hydrogens is 353 g/mol. The molecule has 2 rings (SSSR count). The lowest BCUT2D eigenvalue weighted by atomic mass is 10.1. The van der Waals surface area contributed by atoms with Crippen LogP contribution in [0.3, 0.4) is 0 Å². The van der Waals surface area contributed by atoms with Gasteiger partial charge >= 0.3 is 0 Å². The number of rotatable bonds is 6. The fraction of sp³-hybridized carbons (Fsp3) is 0.316. The van der Waals surface area contributed by atoms with Crippen molar-refractivity contribution in [1.29, 1.82) is 0 Å². The molecule has 0 bridgehead atoms. The van der Waals surface area contributed by atoms with Crippen molar-refractivity contribution >= 4 is 40.0 Å². The van der Waals surface area contributed by atoms with Gasteiger partial charge in [-0.2, -0.15) is 0 Å². The maximum atomic E-state index is 14.0. The zero-order chi connectivity index (χ0) is 19.3. The predicted molar refractivity (Wildman–Crippen MR) is 103 cm³/mol. The minimum Gasteiger partial charge on any atom is -0.350 e. The third-order valence-corrected chi connectivity index (χ3v) is 4.73. The summed E-state index contributed by atoms with van der Waals surface area (Å²) < 4.78 is 14.0. The first-order valence-electron chi connectivity index (χ1n) is 8.29. The van der Waals surface area contributed by atoms with E-state index < -0.39 is 5.82 Å². The van der Waals surface area contributed by atoms with Crippen molar-refractivity contribution in [3.8, 4) is 0 Å². The van der Waals surface area contributed by atoms with Gasteiger partial charge in [0, 0.05) is 24.4 Å². The molecule has 7 heteroatoms. The van der Waals surface area contributed by atoms with Gasteiger partial charge in [0.25, 0.3) is 0 Å². The van der Waals surface area contributed by atoms with Crippen LogP contribution in [0.25, 0.3) is 6.08 Å². The minimum absolute atomic E-state index is 0.0624. The highest BCUT2D eigenvalue weighted by Crippen LogP contribution is 2.30. The van der Waals surface area contributed by atoms with Gasteiger partial charge in [-0.15, -0.1) is 11.3 Å². The van der Waals surface area contributed by atoms with E-state index in [2.05, 4.69) is 10.3 Å². The van der Waals surface area contributed by atoms with Crippen LogP contribution in [0.2, 0.25) is 0 Å². The molecule has 0 saturated carbocycles. The van der Waals surface area contributed by atoms with Crippen LogP contribution in [0.5, 0.6) is 0 Å². The van der Waals surface area contributed by atoms with E-state index in [4.69, 9.17) is 0 Å². The zero-order valence-electron chi connectivity index (χ0n) is 15.2. The monoisotopic (exact) mass is 375 g/mol. The maximum Gasteiger partial charge on any atom is 0.244 e. The second-order valence-electron chi connectivity index (χ2n) is 6.24. The van der Waals surface area contributed by atoms with E-state index in [0.717, 1.165) is 0 Å². The molecule has 26 heavy (non-hydrogen) atoms. The Morgan fingerprint density at radius 3 is 2.58 bits per heavy atom. The molecule has 0 saturated heterocycles. The minimum atomic E-state index is -0.503. The third-order valence-electron chi connectivity index (χ3n) is 3.88. The van der Waals surface area contributed by atoms with E-state index in [1.807, 2.05) is 20.8 Å². The Hall–Kier alpha value is -2.54. The quantitative estimate of drug-likeness (QED) is 0.772. The molecule has 2 amide bonds. The largest absolute Gasteiger partial charge is 0.350 e. The lowest BCUT2D eigenvalue weighted by Crippen LogP contribution is -2.34. The third kappa shape index (κ3) is 4.98. The fourth-order valence-electron chi connectivity index (χ4n) is 2.10. The summed E-state index contributed by atoms with van der Waals surface area (Å²) >= 11 is 1.20. The number of anilines is 2. The zero-order valence-corrected chi connectivity index (χ0v) is 16.0. The molecule has 1 heterocycles. The maximum absolute atomic E-state index is 14.0. The number of carbonyl (C=O) groups is 2. The average molecular weight is 375 g/mol. The number of nitrogens with zero attached hydrogens (tertiary/aromatic N) is 2. The van der Waals surface area contributed by atoms with E-state index in [9.17, 15) is 14.0 Å². The summed E-state index contributed by atoms with van der Waals surface area (Å²) in [6.07, 6.45) is 2.97. The lowest BCUT2D eigenvalue weighted by molar-refractivity contribution is -0.117. The van der Waals surface area contributed by atoms with Gasteiger partial charge in [0.2, 0.25) is 11.8 Å². The van der Waals surface area contributed by atoms with Gasteiger partial charge in [0.05, 0.1) is 11.4 Å². The van der Waals surface area contributed by atoms with Crippen molar-refractivity contribution < 1.29 is 14.0 Å². The summed E-state index contributed by atoms with van der Waals surface area (Å²) in [6.45, 7) is 7.35. The molecule has 5 nitrogen and oxygen atoms in total. The summed E-state index contributed by atoms with van der Waals surface area (Å²) in [5, 5.41) is 4.92. The lowest BCUT2D eigenvalue weighted by Gasteiger charge is -2.18. The number of carbonyl (C=O) groups excluding carboxylic acids is 2. The first kappa shape index (κ1) is 19.8. The van der Waals surface area contributed by atoms with Crippen LogP contribution in [0.4, 0.5) is 15.2 Å². The van der Waals surface area contributed by atoms with Crippen molar-refractivity contribution in [3.05, 3.63) is 47.2 Å². The number of halogens is 1. The van der Waals surface area contributed by atoms with Crippen LogP contribution >= 0.6 is 11.3 Å². The fourth-order valence-corrected chi connectivity index (χ4v) is 2.94. The van der Waals surface area contributed by atoms with Crippen molar-refractivity contribution in [1.82, 2.24) is 10.3 Å². The summed E-state index contributed by atoms with van der Waals surface area (Å²) in [5.41, 5.74) is 0.674. The van der Waals surface area contributed by atoms with E-state index in [0.29, 0.717) is 16.7 Å². The van der Waals surface area contributed by atoms with Crippen LogP contribution in [0.1, 0.15) is 33.4 Å². The van der Waals surface area contributed by atoms with Gasteiger partial charge in [0.15, 0.2) is 5.13 Å². The van der Waals surface area contributed by atoms with Crippen molar-refractivity contribution in [2.45, 2.75) is 33.7 Å². The second-order valence-corrected chi connectivity index (χ2v) is 7.07. The van der Waals surface area contributed by atoms with Gasteiger partial charge in [-0.25, -0.2) is 9.37 Å². The van der Waals surface area contributed by atoms with Crippen LogP contribution in [0.15, 0.2) is 35.7 Å². The predicted octanol–water partition coefficient (Wildman–Crippen LogP) is 4.14. The number of amides is 2. The summed E-state index contributed by atoms with van der Waals surface area (Å²) in [4.78, 5) is 29.5. The molecule has 0 fully saturated rings. The molecule has 0 aliphatic carbocycles. The number of benzene rings is 1. The van der Waals surface area contributed by atoms with Gasteiger partial charge in [-0.1, -0.05) is 26.0 Å². The molecule has 0 radical (unpaired) electrons. The van der Waals surface area contributed by atoms with E-state index in [-0.39, 0.29) is 23.5 Å². The highest BCUT2D eigenvalue weighted by atomic mass is 32.1. The molecular formula is C19H22FN3O2S. The molecule has 1 atom stereocenters. The van der Waals surface area contributed by atoms with Gasteiger partial charge in [-0.05, 0) is 31.1 Å². The molecule has 1 aromatic heterocycles. The SMILES string of the molecule is CC(=O)N(c1nc(C=CC(=O)NC(C)C(C)C)cs1)c1ccccc1F. The Labute approximate surface area is 156 Å². The van der Waals surface area contributed by atoms with E-state index >= 15 is 0 Å². The average Bonchev–Trinajstić information content (AvgIpc) is 3.03. The molecule has 0 aliphatic rings. The molecule has 2 aromatic rings. The first-order chi connectivity index (χ1) is 12.3. The second kappa shape index (κ2) is 8.71. The number of hydrogen-bond acceptors (Lipinski definition) is 4. The Kier molecular flexibility index (Phi) is 6.63. The summed E-state index contributed by atoms with van der Waals surface area (Å²) in [7, 11) is 0. The summed E-state index contributed by atoms with van der Waals surface area (Å²) in [5.74, 6) is -0.720. The van der Waals surface area contributed by atoms with Crippen molar-refractivity contribution in [2.24, 2.45) is 5.92 Å². The Bertz CT molecular complexity index is 817. The number of nitrogens with one attached hydrogen (secondary N) is 1. The van der Waals surface area contributed by atoms with Crippen molar-refractivity contribution in [2.75, 3.05) is 4.90 Å². The first-order valence-corrected chi connectivity index (χ1v) is 9.17. The highest BCUT2D eigenvalue weighted by molar-refractivity contribution is 7.14.